The number of amides is 1. The van der Waals surface area contributed by atoms with Crippen LogP contribution in [0.2, 0.25) is 0 Å². The molecule has 0 bridgehead atoms. The number of likely N-dealkylation sites (tertiary alicyclic amines) is 1. The van der Waals surface area contributed by atoms with Crippen molar-refractivity contribution in [3.8, 4) is 23.2 Å². The lowest BCUT2D eigenvalue weighted by molar-refractivity contribution is -0.137. The number of aromatic nitrogens is 2. The molecule has 9 rings (SSSR count). The van der Waals surface area contributed by atoms with Crippen molar-refractivity contribution in [2.45, 2.75) is 81.8 Å². The number of nitrogen functional groups attached to an aromatic ring is 1. The van der Waals surface area contributed by atoms with Crippen LogP contribution in [0.25, 0.3) is 32.1 Å². The highest BCUT2D eigenvalue weighted by molar-refractivity contribution is 7.23. The molecule has 2 aromatic carbocycles. The van der Waals surface area contributed by atoms with Gasteiger partial charge in [-0.05, 0) is 68.6 Å². The van der Waals surface area contributed by atoms with Gasteiger partial charge >= 0.3 is 12.2 Å². The Morgan fingerprint density at radius 1 is 1.20 bits per heavy atom. The summed E-state index contributed by atoms with van der Waals surface area (Å²) in [6, 6.07) is 3.54. The van der Waals surface area contributed by atoms with Crippen molar-refractivity contribution >= 4 is 49.1 Å². The number of alkyl halides is 4. The Morgan fingerprint density at radius 3 is 2.65 bits per heavy atom. The van der Waals surface area contributed by atoms with E-state index in [2.05, 4.69) is 14.9 Å². The van der Waals surface area contributed by atoms with Crippen molar-refractivity contribution in [2.75, 3.05) is 43.9 Å². The van der Waals surface area contributed by atoms with Gasteiger partial charge in [0.15, 0.2) is 5.82 Å². The van der Waals surface area contributed by atoms with E-state index in [1.165, 1.54) is 0 Å². The van der Waals surface area contributed by atoms with Gasteiger partial charge in [-0.15, -0.1) is 11.3 Å². The molecule has 2 aliphatic carbocycles. The molecule has 2 saturated carbocycles. The first-order valence-electron chi connectivity index (χ1n) is 18.2. The fraction of sp³-hybridized carbons (Fsp3) is 0.526. The molecule has 1 spiro atoms. The molecule has 2 N–H and O–H groups in total. The topological polar surface area (TPSA) is 112 Å². The summed E-state index contributed by atoms with van der Waals surface area (Å²) in [4.78, 5) is 27.7. The van der Waals surface area contributed by atoms with Crippen LogP contribution in [0.1, 0.15) is 63.0 Å². The molecular formula is C38H37F6N7O2S. The summed E-state index contributed by atoms with van der Waals surface area (Å²) >= 11 is 0.688. The Morgan fingerprint density at radius 2 is 1.96 bits per heavy atom. The summed E-state index contributed by atoms with van der Waals surface area (Å²) in [5, 5.41) is 9.29. The monoisotopic (exact) mass is 769 g/mol. The number of nitrogens with two attached hydrogens (primary N) is 1. The number of likely N-dealkylation sites (N-methyl/N-ethyl adjacent to an activating group) is 1. The highest BCUT2D eigenvalue weighted by Crippen LogP contribution is 2.61. The zero-order valence-electron chi connectivity index (χ0n) is 29.6. The summed E-state index contributed by atoms with van der Waals surface area (Å²) in [6.45, 7) is 3.35. The fourth-order valence-corrected chi connectivity index (χ4v) is 10.5. The third-order valence-corrected chi connectivity index (χ3v) is 13.5. The molecule has 2 aromatic heterocycles. The molecule has 5 heterocycles. The van der Waals surface area contributed by atoms with E-state index < -0.39 is 46.2 Å². The van der Waals surface area contributed by atoms with Crippen LogP contribution in [0, 0.1) is 34.3 Å². The first-order chi connectivity index (χ1) is 25.6. The first-order valence-corrected chi connectivity index (χ1v) is 19.0. The Kier molecular flexibility index (Phi) is 7.90. The van der Waals surface area contributed by atoms with Crippen LogP contribution >= 0.6 is 11.3 Å². The number of halogens is 6. The minimum atomic E-state index is -5.12. The largest absolute Gasteiger partial charge is 0.461 e. The maximum Gasteiger partial charge on any atom is 0.417 e. The van der Waals surface area contributed by atoms with Gasteiger partial charge in [0.25, 0.3) is 0 Å². The third kappa shape index (κ3) is 5.47. The summed E-state index contributed by atoms with van der Waals surface area (Å²) in [7, 11) is 1.65. The van der Waals surface area contributed by atoms with Crippen molar-refractivity contribution in [3.05, 3.63) is 41.0 Å². The number of rotatable bonds is 7. The molecule has 4 atom stereocenters. The van der Waals surface area contributed by atoms with Crippen LogP contribution in [0.4, 0.5) is 37.2 Å². The molecule has 3 saturated heterocycles. The van der Waals surface area contributed by atoms with Crippen LogP contribution in [0.15, 0.2) is 18.2 Å². The van der Waals surface area contributed by atoms with E-state index >= 15 is 22.0 Å². The fourth-order valence-electron chi connectivity index (χ4n) is 9.52. The second kappa shape index (κ2) is 12.1. The SMILES string of the molecule is C[C@@H]1[C@H](N(C)c2nc(OC[C@]34C[C@@H](F)CN3CC3(CC3)C4)nc3c(F)c(-c4ccc(F)c5sc(N)c(C#N)c45)c(C(F)(F)F)cc23)CCN1C(=O)C1CC1. The standard InChI is InChI=1S/C38H37F6N7O2S/c1-18-26(7-10-51(18)34(52)19-3-4-19)49(2)33-22-11-24(38(42,43)44)28(21-5-6-25(40)31-27(21)23(13-45)32(46)54-31)29(41)30(22)47-35(48-33)53-17-37-12-20(39)14-50(37)16-36(15-37)8-9-36/h5-6,11,18-20,26H,3-4,7-10,12,14-17,46H2,1-2H3/t18-,20-,26-,37-/m1/s1. The number of nitriles is 1. The number of anilines is 2. The first kappa shape index (κ1) is 35.3. The third-order valence-electron chi connectivity index (χ3n) is 12.5. The molecule has 1 amide bonds. The van der Waals surface area contributed by atoms with Crippen LogP contribution in [0.3, 0.4) is 0 Å². The Labute approximate surface area is 310 Å². The molecule has 0 radical (unpaired) electrons. The Bertz CT molecular complexity index is 2280. The second-order valence-corrected chi connectivity index (χ2v) is 17.0. The van der Waals surface area contributed by atoms with Crippen LogP contribution in [0.5, 0.6) is 6.01 Å². The molecular weight excluding hydrogens is 733 g/mol. The van der Waals surface area contributed by atoms with Gasteiger partial charge in [-0.3, -0.25) is 9.69 Å². The predicted molar refractivity (Wildman–Crippen MR) is 191 cm³/mol. The van der Waals surface area contributed by atoms with Crippen molar-refractivity contribution in [1.82, 2.24) is 19.8 Å². The van der Waals surface area contributed by atoms with Crippen LogP contribution < -0.4 is 15.4 Å². The normalized spacial score (nSPS) is 26.2. The average molecular weight is 770 g/mol. The number of benzene rings is 2. The minimum absolute atomic E-state index is 0.000730. The van der Waals surface area contributed by atoms with Crippen LogP contribution in [-0.2, 0) is 11.0 Å². The molecule has 5 aliphatic rings. The highest BCUT2D eigenvalue weighted by atomic mass is 32.1. The Hall–Kier alpha value is -4.36. The van der Waals surface area contributed by atoms with Crippen LogP contribution in [-0.4, -0.2) is 82.8 Å². The van der Waals surface area contributed by atoms with E-state index in [4.69, 9.17) is 10.5 Å². The van der Waals surface area contributed by atoms with E-state index in [9.17, 15) is 14.4 Å². The summed E-state index contributed by atoms with van der Waals surface area (Å²) in [5.41, 5.74) is 2.08. The zero-order valence-corrected chi connectivity index (χ0v) is 30.4. The van der Waals surface area contributed by atoms with Crippen molar-refractivity contribution in [1.29, 1.82) is 5.26 Å². The van der Waals surface area contributed by atoms with E-state index in [1.807, 2.05) is 13.0 Å². The van der Waals surface area contributed by atoms with Gasteiger partial charge in [-0.1, -0.05) is 6.07 Å². The quantitative estimate of drug-likeness (QED) is 0.193. The molecule has 3 aliphatic heterocycles. The lowest BCUT2D eigenvalue weighted by Crippen LogP contribution is -2.45. The Balaban J connectivity index is 1.21. The molecule has 54 heavy (non-hydrogen) atoms. The number of carbonyl (C=O) groups is 1. The van der Waals surface area contributed by atoms with Crippen molar-refractivity contribution < 1.29 is 35.9 Å². The molecule has 0 unspecified atom stereocenters. The summed E-state index contributed by atoms with van der Waals surface area (Å²) in [5.74, 6) is -2.20. The number of ether oxygens (including phenoxy) is 1. The van der Waals surface area contributed by atoms with Gasteiger partial charge in [-0.25, -0.2) is 13.2 Å². The minimum Gasteiger partial charge on any atom is -0.461 e. The average Bonchev–Trinajstić information content (AvgIpc) is 3.98. The number of hydrogen-bond donors (Lipinski definition) is 1. The van der Waals surface area contributed by atoms with E-state index in [0.717, 1.165) is 56.8 Å². The van der Waals surface area contributed by atoms with E-state index in [0.29, 0.717) is 24.3 Å². The number of carbonyl (C=O) groups excluding carboxylic acids is 1. The lowest BCUT2D eigenvalue weighted by atomic mass is 9.89. The maximum atomic E-state index is 17.3. The van der Waals surface area contributed by atoms with Gasteiger partial charge in [0.05, 0.1) is 27.4 Å². The smallest absolute Gasteiger partial charge is 0.417 e. The molecule has 9 nitrogen and oxygen atoms in total. The van der Waals surface area contributed by atoms with Gasteiger partial charge < -0.3 is 20.3 Å². The number of fused-ring (bicyclic) bond motifs is 3. The van der Waals surface area contributed by atoms with E-state index in [1.54, 1.807) is 16.8 Å². The molecule has 4 aromatic rings. The number of thiophene rings is 1. The van der Waals surface area contributed by atoms with Gasteiger partial charge in [0.2, 0.25) is 5.91 Å². The summed E-state index contributed by atoms with van der Waals surface area (Å²) in [6.07, 6.45) is -0.981. The van der Waals surface area contributed by atoms with Gasteiger partial charge in [-0.2, -0.15) is 28.4 Å². The highest BCUT2D eigenvalue weighted by Gasteiger charge is 2.62. The van der Waals surface area contributed by atoms with Gasteiger partial charge in [0, 0.05) is 61.4 Å². The van der Waals surface area contributed by atoms with Crippen molar-refractivity contribution in [2.24, 2.45) is 11.3 Å². The van der Waals surface area contributed by atoms with E-state index in [-0.39, 0.29) is 92.3 Å². The molecule has 5 fully saturated rings. The molecule has 284 valence electrons. The zero-order chi connectivity index (χ0) is 38.1. The number of nitrogens with zero attached hydrogens (tertiary/aromatic N) is 6. The summed E-state index contributed by atoms with van der Waals surface area (Å²) < 4.78 is 98.6. The number of hydrogen-bond acceptors (Lipinski definition) is 9. The second-order valence-electron chi connectivity index (χ2n) is 16.0. The van der Waals surface area contributed by atoms with Crippen molar-refractivity contribution in [3.63, 3.8) is 0 Å². The van der Waals surface area contributed by atoms with Gasteiger partial charge in [0.1, 0.15) is 41.0 Å². The molecule has 16 heteroatoms. The predicted octanol–water partition coefficient (Wildman–Crippen LogP) is 7.44. The lowest BCUT2D eigenvalue weighted by Gasteiger charge is -2.33. The maximum absolute atomic E-state index is 17.3.